The highest BCUT2D eigenvalue weighted by molar-refractivity contribution is 8.00. The Bertz CT molecular complexity index is 832. The van der Waals surface area contributed by atoms with Crippen LogP contribution in [-0.2, 0) is 5.75 Å². The number of rotatable bonds is 5. The van der Waals surface area contributed by atoms with Crippen LogP contribution in [0.25, 0.3) is 0 Å². The first-order valence-corrected chi connectivity index (χ1v) is 9.37. The van der Waals surface area contributed by atoms with E-state index in [2.05, 4.69) is 15.5 Å². The maximum absolute atomic E-state index is 12.2. The largest absolute Gasteiger partial charge is 0.296 e. The zero-order valence-electron chi connectivity index (χ0n) is 12.8. The Labute approximate surface area is 153 Å². The lowest BCUT2D eigenvalue weighted by Gasteiger charge is -2.01. The van der Waals surface area contributed by atoms with Crippen LogP contribution < -0.4 is 5.32 Å². The first-order valence-electron chi connectivity index (χ1n) is 7.19. The number of anilines is 1. The van der Waals surface area contributed by atoms with Crippen molar-refractivity contribution >= 4 is 45.7 Å². The number of halogens is 1. The summed E-state index contributed by atoms with van der Waals surface area (Å²) < 4.78 is 0.809. The number of carbonyl (C=O) groups excluding carboxylic acids is 1. The zero-order valence-corrected chi connectivity index (χ0v) is 15.2. The molecule has 122 valence electrons. The second kappa shape index (κ2) is 7.79. The van der Waals surface area contributed by atoms with Crippen LogP contribution in [0.2, 0.25) is 5.02 Å². The first kappa shape index (κ1) is 17.0. The van der Waals surface area contributed by atoms with Crippen molar-refractivity contribution in [2.75, 3.05) is 5.32 Å². The summed E-state index contributed by atoms with van der Waals surface area (Å²) in [7, 11) is 0. The van der Waals surface area contributed by atoms with Crippen LogP contribution in [0.4, 0.5) is 5.13 Å². The molecule has 0 aliphatic carbocycles. The number of nitrogens with zero attached hydrogens (tertiary/aromatic N) is 2. The molecule has 0 saturated heterocycles. The molecule has 3 aromatic rings. The smallest absolute Gasteiger partial charge is 0.257 e. The molecule has 0 atom stereocenters. The lowest BCUT2D eigenvalue weighted by molar-refractivity contribution is 0.102. The van der Waals surface area contributed by atoms with E-state index in [1.54, 1.807) is 23.9 Å². The van der Waals surface area contributed by atoms with Crippen molar-refractivity contribution in [3.05, 3.63) is 70.2 Å². The molecule has 0 aliphatic rings. The molecule has 0 bridgehead atoms. The van der Waals surface area contributed by atoms with Crippen LogP contribution >= 0.6 is 34.7 Å². The number of nitrogens with one attached hydrogen (secondary N) is 1. The van der Waals surface area contributed by atoms with Crippen molar-refractivity contribution in [1.82, 2.24) is 10.2 Å². The Morgan fingerprint density at radius 2 is 1.83 bits per heavy atom. The normalized spacial score (nSPS) is 10.6. The molecule has 0 saturated carbocycles. The van der Waals surface area contributed by atoms with Crippen molar-refractivity contribution in [2.24, 2.45) is 0 Å². The topological polar surface area (TPSA) is 54.9 Å². The Balaban J connectivity index is 1.58. The summed E-state index contributed by atoms with van der Waals surface area (Å²) in [5, 5.41) is 12.1. The molecular formula is C17H14ClN3OS2. The number of benzene rings is 2. The van der Waals surface area contributed by atoms with E-state index in [1.165, 1.54) is 11.3 Å². The number of hydrogen-bond donors (Lipinski definition) is 1. The van der Waals surface area contributed by atoms with Gasteiger partial charge in [0, 0.05) is 16.3 Å². The van der Waals surface area contributed by atoms with Crippen LogP contribution in [0.1, 0.15) is 21.5 Å². The molecule has 1 aromatic heterocycles. The number of carbonyl (C=O) groups is 1. The minimum absolute atomic E-state index is 0.180. The maximum Gasteiger partial charge on any atom is 0.257 e. The predicted molar refractivity (Wildman–Crippen MR) is 100 cm³/mol. The van der Waals surface area contributed by atoms with Gasteiger partial charge in [-0.05, 0) is 36.8 Å². The second-order valence-corrected chi connectivity index (χ2v) is 7.74. The fourth-order valence-corrected chi connectivity index (χ4v) is 3.75. The van der Waals surface area contributed by atoms with Crippen molar-refractivity contribution < 1.29 is 4.79 Å². The maximum atomic E-state index is 12.2. The Kier molecular flexibility index (Phi) is 5.50. The molecule has 1 amide bonds. The van der Waals surface area contributed by atoms with Gasteiger partial charge >= 0.3 is 0 Å². The highest BCUT2D eigenvalue weighted by atomic mass is 35.5. The van der Waals surface area contributed by atoms with Gasteiger partial charge in [0.2, 0.25) is 5.13 Å². The van der Waals surface area contributed by atoms with Gasteiger partial charge < -0.3 is 0 Å². The van der Waals surface area contributed by atoms with Crippen LogP contribution in [0.3, 0.4) is 0 Å². The van der Waals surface area contributed by atoms with E-state index in [4.69, 9.17) is 11.6 Å². The van der Waals surface area contributed by atoms with Gasteiger partial charge in [0.25, 0.3) is 5.91 Å². The van der Waals surface area contributed by atoms with Gasteiger partial charge in [0.05, 0.1) is 0 Å². The molecule has 2 aromatic carbocycles. The van der Waals surface area contributed by atoms with Crippen LogP contribution in [0.5, 0.6) is 0 Å². The minimum atomic E-state index is -0.180. The van der Waals surface area contributed by atoms with Crippen LogP contribution in [-0.4, -0.2) is 16.1 Å². The lowest BCUT2D eigenvalue weighted by Crippen LogP contribution is -2.11. The molecule has 3 rings (SSSR count). The molecule has 0 radical (unpaired) electrons. The number of amides is 1. The van der Waals surface area contributed by atoms with Crippen molar-refractivity contribution in [3.8, 4) is 0 Å². The van der Waals surface area contributed by atoms with Crippen LogP contribution in [0.15, 0.2) is 52.9 Å². The summed E-state index contributed by atoms with van der Waals surface area (Å²) in [6.45, 7) is 1.98. The Morgan fingerprint density at radius 3 is 2.54 bits per heavy atom. The van der Waals surface area contributed by atoms with Gasteiger partial charge in [-0.3, -0.25) is 10.1 Å². The molecule has 1 heterocycles. The lowest BCUT2D eigenvalue weighted by atomic mass is 10.1. The van der Waals surface area contributed by atoms with E-state index in [0.29, 0.717) is 10.7 Å². The van der Waals surface area contributed by atoms with E-state index in [1.807, 2.05) is 43.3 Å². The summed E-state index contributed by atoms with van der Waals surface area (Å²) in [5.74, 6) is 0.595. The monoisotopic (exact) mass is 375 g/mol. The van der Waals surface area contributed by atoms with Crippen LogP contribution in [0, 0.1) is 6.92 Å². The molecule has 7 heteroatoms. The van der Waals surface area contributed by atoms with Gasteiger partial charge in [0.15, 0.2) is 4.34 Å². The summed E-state index contributed by atoms with van der Waals surface area (Å²) in [6, 6.07) is 15.1. The predicted octanol–water partition coefficient (Wildman–Crippen LogP) is 5.04. The highest BCUT2D eigenvalue weighted by Crippen LogP contribution is 2.28. The van der Waals surface area contributed by atoms with E-state index >= 15 is 0 Å². The number of thioether (sulfide) groups is 1. The van der Waals surface area contributed by atoms with E-state index in [0.717, 1.165) is 26.2 Å². The van der Waals surface area contributed by atoms with E-state index in [9.17, 15) is 4.79 Å². The third-order valence-electron chi connectivity index (χ3n) is 3.22. The first-order chi connectivity index (χ1) is 11.6. The minimum Gasteiger partial charge on any atom is -0.296 e. The zero-order chi connectivity index (χ0) is 16.9. The van der Waals surface area contributed by atoms with Crippen molar-refractivity contribution in [1.29, 1.82) is 0 Å². The number of hydrogen-bond acceptors (Lipinski definition) is 5. The molecule has 4 nitrogen and oxygen atoms in total. The summed E-state index contributed by atoms with van der Waals surface area (Å²) in [5.41, 5.74) is 2.87. The third kappa shape index (κ3) is 4.56. The number of aryl methyl sites for hydroxylation is 1. The quantitative estimate of drug-likeness (QED) is 0.501. The summed E-state index contributed by atoms with van der Waals surface area (Å²) >= 11 is 8.81. The molecule has 0 spiro atoms. The van der Waals surface area contributed by atoms with E-state index < -0.39 is 0 Å². The fourth-order valence-electron chi connectivity index (χ4n) is 1.92. The number of aromatic nitrogens is 2. The average Bonchev–Trinajstić information content (AvgIpc) is 3.02. The van der Waals surface area contributed by atoms with Gasteiger partial charge in [-0.1, -0.05) is 64.5 Å². The SMILES string of the molecule is Cc1ccc(C(=O)Nc2nnc(SCc3ccc(Cl)cc3)s2)cc1. The summed E-state index contributed by atoms with van der Waals surface area (Å²) in [4.78, 5) is 12.2. The highest BCUT2D eigenvalue weighted by Gasteiger charge is 2.10. The van der Waals surface area contributed by atoms with Gasteiger partial charge in [-0.2, -0.15) is 0 Å². The van der Waals surface area contributed by atoms with E-state index in [-0.39, 0.29) is 5.91 Å². The Hall–Kier alpha value is -1.89. The average molecular weight is 376 g/mol. The standard InChI is InChI=1S/C17H14ClN3OS2/c1-11-2-6-13(7-3-11)15(22)19-16-20-21-17(24-16)23-10-12-4-8-14(18)9-5-12/h2-9H,10H2,1H3,(H,19,20,22). The molecule has 1 N–H and O–H groups in total. The van der Waals surface area contributed by atoms with Crippen molar-refractivity contribution in [3.63, 3.8) is 0 Å². The van der Waals surface area contributed by atoms with Gasteiger partial charge in [-0.25, -0.2) is 0 Å². The van der Waals surface area contributed by atoms with Crippen molar-refractivity contribution in [2.45, 2.75) is 17.0 Å². The molecular weight excluding hydrogens is 362 g/mol. The van der Waals surface area contributed by atoms with Gasteiger partial charge in [-0.15, -0.1) is 10.2 Å². The molecule has 0 aliphatic heterocycles. The second-order valence-electron chi connectivity index (χ2n) is 5.11. The summed E-state index contributed by atoms with van der Waals surface area (Å²) in [6.07, 6.45) is 0. The Morgan fingerprint density at radius 1 is 1.12 bits per heavy atom. The van der Waals surface area contributed by atoms with Gasteiger partial charge in [0.1, 0.15) is 0 Å². The molecule has 0 fully saturated rings. The molecule has 0 unspecified atom stereocenters. The third-order valence-corrected chi connectivity index (χ3v) is 5.51. The molecule has 24 heavy (non-hydrogen) atoms. The fraction of sp³-hybridized carbons (Fsp3) is 0.118.